The monoisotopic (exact) mass is 283 g/mol. The molecule has 0 N–H and O–H groups in total. The van der Waals surface area contributed by atoms with Gasteiger partial charge in [-0.3, -0.25) is 4.90 Å². The first-order valence-corrected chi connectivity index (χ1v) is 7.93. The fourth-order valence-electron chi connectivity index (χ4n) is 3.70. The van der Waals surface area contributed by atoms with Crippen molar-refractivity contribution in [3.05, 3.63) is 60.1 Å². The lowest BCUT2D eigenvalue weighted by atomic mass is 9.84. The van der Waals surface area contributed by atoms with Crippen LogP contribution in [0.5, 0.6) is 0 Å². The SMILES string of the molecule is CCC(CC1CC1c1ccccc1)(c1ccco1)N(C)C. The summed E-state index contributed by atoms with van der Waals surface area (Å²) in [6.07, 6.45) is 5.35. The molecule has 1 heterocycles. The van der Waals surface area contributed by atoms with Crippen LogP contribution in [0.2, 0.25) is 0 Å². The first-order valence-electron chi connectivity index (χ1n) is 7.93. The van der Waals surface area contributed by atoms with Crippen molar-refractivity contribution in [2.75, 3.05) is 14.1 Å². The maximum Gasteiger partial charge on any atom is 0.124 e. The van der Waals surface area contributed by atoms with E-state index in [4.69, 9.17) is 4.42 Å². The number of hydrogen-bond acceptors (Lipinski definition) is 2. The molecule has 0 bridgehead atoms. The second-order valence-electron chi connectivity index (χ2n) is 6.47. The Morgan fingerprint density at radius 3 is 2.48 bits per heavy atom. The molecule has 1 saturated carbocycles. The predicted octanol–water partition coefficient (Wildman–Crippen LogP) is 4.64. The fourth-order valence-corrected chi connectivity index (χ4v) is 3.70. The van der Waals surface area contributed by atoms with E-state index in [-0.39, 0.29) is 5.54 Å². The van der Waals surface area contributed by atoms with Crippen LogP contribution in [0.1, 0.15) is 43.4 Å². The quantitative estimate of drug-likeness (QED) is 0.768. The van der Waals surface area contributed by atoms with Crippen LogP contribution in [0.25, 0.3) is 0 Å². The molecule has 3 unspecified atom stereocenters. The van der Waals surface area contributed by atoms with Gasteiger partial charge in [0.05, 0.1) is 11.8 Å². The summed E-state index contributed by atoms with van der Waals surface area (Å²) < 4.78 is 5.78. The standard InChI is InChI=1S/C19H25NO/c1-4-19(20(2)3,18-11-8-12-21-18)14-16-13-17(16)15-9-6-5-7-10-15/h5-12,16-17H,4,13-14H2,1-3H3. The predicted molar refractivity (Wildman–Crippen MR) is 86.3 cm³/mol. The summed E-state index contributed by atoms with van der Waals surface area (Å²) in [5, 5.41) is 0. The Bertz CT molecular complexity index is 561. The molecular formula is C19H25NO. The van der Waals surface area contributed by atoms with Crippen molar-refractivity contribution in [2.24, 2.45) is 5.92 Å². The zero-order chi connectivity index (χ0) is 14.9. The van der Waals surface area contributed by atoms with Crippen LogP contribution in [0, 0.1) is 5.92 Å². The molecule has 0 saturated heterocycles. The van der Waals surface area contributed by atoms with E-state index < -0.39 is 0 Å². The molecule has 1 aromatic heterocycles. The minimum Gasteiger partial charge on any atom is -0.467 e. The van der Waals surface area contributed by atoms with Crippen LogP contribution in [0.4, 0.5) is 0 Å². The van der Waals surface area contributed by atoms with Gasteiger partial charge in [-0.05, 0) is 62.9 Å². The normalized spacial score (nSPS) is 24.0. The third-order valence-electron chi connectivity index (χ3n) is 5.17. The highest BCUT2D eigenvalue weighted by atomic mass is 16.3. The molecule has 1 aliphatic rings. The summed E-state index contributed by atoms with van der Waals surface area (Å²) in [7, 11) is 4.35. The van der Waals surface area contributed by atoms with Gasteiger partial charge in [-0.15, -0.1) is 0 Å². The van der Waals surface area contributed by atoms with Crippen LogP contribution in [0.3, 0.4) is 0 Å². The minimum atomic E-state index is 0.0255. The van der Waals surface area contributed by atoms with Gasteiger partial charge in [-0.25, -0.2) is 0 Å². The van der Waals surface area contributed by atoms with Gasteiger partial charge in [0.25, 0.3) is 0 Å². The summed E-state index contributed by atoms with van der Waals surface area (Å²) in [6.45, 7) is 2.27. The molecule has 0 radical (unpaired) electrons. The highest BCUT2D eigenvalue weighted by Crippen LogP contribution is 2.54. The number of furan rings is 1. The number of hydrogen-bond donors (Lipinski definition) is 0. The summed E-state index contributed by atoms with van der Waals surface area (Å²) >= 11 is 0. The van der Waals surface area contributed by atoms with Crippen LogP contribution in [-0.2, 0) is 5.54 Å². The van der Waals surface area contributed by atoms with Crippen molar-refractivity contribution in [1.82, 2.24) is 4.90 Å². The van der Waals surface area contributed by atoms with E-state index in [1.165, 1.54) is 18.4 Å². The average Bonchev–Trinajstić information content (AvgIpc) is 3.04. The van der Waals surface area contributed by atoms with Gasteiger partial charge in [0.2, 0.25) is 0 Å². The van der Waals surface area contributed by atoms with Gasteiger partial charge in [-0.1, -0.05) is 37.3 Å². The Labute approximate surface area is 127 Å². The average molecular weight is 283 g/mol. The van der Waals surface area contributed by atoms with Gasteiger partial charge in [0, 0.05) is 0 Å². The Kier molecular flexibility index (Phi) is 3.90. The molecule has 112 valence electrons. The van der Waals surface area contributed by atoms with Gasteiger partial charge in [-0.2, -0.15) is 0 Å². The summed E-state index contributed by atoms with van der Waals surface area (Å²) in [6, 6.07) is 15.1. The van der Waals surface area contributed by atoms with Crippen molar-refractivity contribution >= 4 is 0 Å². The van der Waals surface area contributed by atoms with Gasteiger partial charge in [0.15, 0.2) is 0 Å². The zero-order valence-corrected chi connectivity index (χ0v) is 13.3. The molecule has 1 fully saturated rings. The third kappa shape index (κ3) is 2.65. The van der Waals surface area contributed by atoms with Crippen molar-refractivity contribution in [2.45, 2.75) is 37.6 Å². The van der Waals surface area contributed by atoms with E-state index in [1.54, 1.807) is 6.26 Å². The van der Waals surface area contributed by atoms with E-state index in [2.05, 4.69) is 62.3 Å². The number of nitrogens with zero attached hydrogens (tertiary/aromatic N) is 1. The Morgan fingerprint density at radius 1 is 1.14 bits per heavy atom. The molecule has 1 aromatic carbocycles. The molecule has 3 atom stereocenters. The summed E-state index contributed by atoms with van der Waals surface area (Å²) in [4.78, 5) is 2.34. The molecule has 1 aliphatic carbocycles. The maximum absolute atomic E-state index is 5.78. The van der Waals surface area contributed by atoms with Crippen molar-refractivity contribution < 1.29 is 4.42 Å². The summed E-state index contributed by atoms with van der Waals surface area (Å²) in [5.41, 5.74) is 1.52. The topological polar surface area (TPSA) is 16.4 Å². The maximum atomic E-state index is 5.78. The van der Waals surface area contributed by atoms with E-state index >= 15 is 0 Å². The lowest BCUT2D eigenvalue weighted by Crippen LogP contribution is -2.41. The van der Waals surface area contributed by atoms with E-state index in [1.807, 2.05) is 6.07 Å². The Morgan fingerprint density at radius 2 is 1.90 bits per heavy atom. The minimum absolute atomic E-state index is 0.0255. The first kappa shape index (κ1) is 14.4. The highest BCUT2D eigenvalue weighted by Gasteiger charge is 2.46. The Balaban J connectivity index is 1.78. The van der Waals surface area contributed by atoms with Crippen LogP contribution in [-0.4, -0.2) is 19.0 Å². The third-order valence-corrected chi connectivity index (χ3v) is 5.17. The van der Waals surface area contributed by atoms with Gasteiger partial charge < -0.3 is 4.42 Å². The largest absolute Gasteiger partial charge is 0.467 e. The molecule has 21 heavy (non-hydrogen) atoms. The molecule has 2 heteroatoms. The molecule has 2 nitrogen and oxygen atoms in total. The molecule has 3 rings (SSSR count). The van der Waals surface area contributed by atoms with E-state index in [0.717, 1.165) is 24.0 Å². The molecular weight excluding hydrogens is 258 g/mol. The fraction of sp³-hybridized carbons (Fsp3) is 0.474. The molecule has 0 amide bonds. The van der Waals surface area contributed by atoms with Gasteiger partial charge >= 0.3 is 0 Å². The Hall–Kier alpha value is -1.54. The lowest BCUT2D eigenvalue weighted by molar-refractivity contribution is 0.0960. The molecule has 2 aromatic rings. The van der Waals surface area contributed by atoms with E-state index in [9.17, 15) is 0 Å². The highest BCUT2D eigenvalue weighted by molar-refractivity contribution is 5.27. The van der Waals surface area contributed by atoms with Gasteiger partial charge in [0.1, 0.15) is 5.76 Å². The second kappa shape index (κ2) is 5.69. The number of rotatable bonds is 6. The second-order valence-corrected chi connectivity index (χ2v) is 6.47. The van der Waals surface area contributed by atoms with Crippen LogP contribution < -0.4 is 0 Å². The first-order chi connectivity index (χ1) is 10.2. The number of benzene rings is 1. The lowest BCUT2D eigenvalue weighted by Gasteiger charge is -2.38. The molecule has 0 spiro atoms. The van der Waals surface area contributed by atoms with Crippen molar-refractivity contribution in [3.8, 4) is 0 Å². The van der Waals surface area contributed by atoms with Crippen LogP contribution in [0.15, 0.2) is 53.1 Å². The molecule has 0 aliphatic heterocycles. The summed E-state index contributed by atoms with van der Waals surface area (Å²) in [5.74, 6) is 2.60. The van der Waals surface area contributed by atoms with E-state index in [0.29, 0.717) is 0 Å². The van der Waals surface area contributed by atoms with Crippen molar-refractivity contribution in [1.29, 1.82) is 0 Å². The zero-order valence-electron chi connectivity index (χ0n) is 13.3. The van der Waals surface area contributed by atoms with Crippen LogP contribution >= 0.6 is 0 Å². The smallest absolute Gasteiger partial charge is 0.124 e. The van der Waals surface area contributed by atoms with Crippen molar-refractivity contribution in [3.63, 3.8) is 0 Å².